The van der Waals surface area contributed by atoms with Gasteiger partial charge in [-0.05, 0) is 49.4 Å². The Hall–Kier alpha value is 0.350. The monoisotopic (exact) mass is 340 g/mol. The average Bonchev–Trinajstić information content (AvgIpc) is 2.52. The smallest absolute Gasteiger partial charge is 0.0130 e. The van der Waals surface area contributed by atoms with Crippen molar-refractivity contribution in [2.24, 2.45) is 23.7 Å². The summed E-state index contributed by atoms with van der Waals surface area (Å²) >= 11 is 5.19. The predicted octanol–water partition coefficient (Wildman–Crippen LogP) is 7.91. The molecule has 23 heavy (non-hydrogen) atoms. The van der Waals surface area contributed by atoms with Crippen molar-refractivity contribution in [2.45, 2.75) is 116 Å². The van der Waals surface area contributed by atoms with E-state index in [0.29, 0.717) is 0 Å². The minimum absolute atomic E-state index is 0.231. The Labute approximate surface area is 153 Å². The second kappa shape index (κ2) is 11.1. The lowest BCUT2D eigenvalue weighted by molar-refractivity contribution is 0.207. The van der Waals surface area contributed by atoms with Crippen LogP contribution in [0.25, 0.3) is 0 Å². The van der Waals surface area contributed by atoms with Crippen LogP contribution < -0.4 is 0 Å². The maximum Gasteiger partial charge on any atom is 0.0130 e. The van der Waals surface area contributed by atoms with E-state index in [1.165, 1.54) is 77.0 Å². The Kier molecular flexibility index (Phi) is 10.3. The first kappa shape index (κ1) is 21.4. The van der Waals surface area contributed by atoms with Gasteiger partial charge in [-0.1, -0.05) is 86.0 Å². The third kappa shape index (κ3) is 7.84. The predicted molar refractivity (Wildman–Crippen MR) is 109 cm³/mol. The Morgan fingerprint density at radius 2 is 1.83 bits per heavy atom. The largest absolute Gasteiger partial charge is 0.173 e. The zero-order valence-electron chi connectivity index (χ0n) is 16.7. The van der Waals surface area contributed by atoms with E-state index in [0.717, 1.165) is 23.7 Å². The third-order valence-corrected chi connectivity index (χ3v) is 7.23. The van der Waals surface area contributed by atoms with Gasteiger partial charge in [-0.2, -0.15) is 12.6 Å². The lowest BCUT2D eigenvalue weighted by atomic mass is 9.73. The molecule has 138 valence electrons. The average molecular weight is 341 g/mol. The van der Waals surface area contributed by atoms with Crippen molar-refractivity contribution < 1.29 is 0 Å². The summed E-state index contributed by atoms with van der Waals surface area (Å²) in [5.74, 6) is 3.65. The molecule has 0 aromatic carbocycles. The molecule has 5 atom stereocenters. The molecule has 1 rings (SSSR count). The van der Waals surface area contributed by atoms with Gasteiger partial charge in [0.25, 0.3) is 0 Å². The van der Waals surface area contributed by atoms with Gasteiger partial charge in [-0.15, -0.1) is 0 Å². The van der Waals surface area contributed by atoms with Crippen molar-refractivity contribution in [1.82, 2.24) is 0 Å². The van der Waals surface area contributed by atoms with Crippen molar-refractivity contribution in [2.75, 3.05) is 0 Å². The van der Waals surface area contributed by atoms with E-state index in [2.05, 4.69) is 34.6 Å². The third-order valence-electron chi connectivity index (χ3n) is 6.64. The highest BCUT2D eigenvalue weighted by Gasteiger charge is 2.32. The van der Waals surface area contributed by atoms with E-state index in [1.807, 2.05) is 0 Å². The highest BCUT2D eigenvalue weighted by Crippen LogP contribution is 2.41. The maximum absolute atomic E-state index is 5.19. The summed E-state index contributed by atoms with van der Waals surface area (Å²) in [5.41, 5.74) is 0. The second-order valence-corrected chi connectivity index (χ2v) is 9.81. The van der Waals surface area contributed by atoms with Crippen LogP contribution in [0, 0.1) is 23.7 Å². The van der Waals surface area contributed by atoms with Crippen LogP contribution in [0.5, 0.6) is 0 Å². The molecular formula is C22H44S. The summed E-state index contributed by atoms with van der Waals surface area (Å²) in [7, 11) is 0. The van der Waals surface area contributed by atoms with E-state index >= 15 is 0 Å². The number of hydrogen-bond acceptors (Lipinski definition) is 1. The molecule has 0 aromatic heterocycles. The summed E-state index contributed by atoms with van der Waals surface area (Å²) in [6, 6.07) is 0. The molecule has 0 aromatic rings. The van der Waals surface area contributed by atoms with Crippen molar-refractivity contribution in [3.8, 4) is 0 Å². The van der Waals surface area contributed by atoms with Gasteiger partial charge < -0.3 is 0 Å². The molecule has 1 aliphatic rings. The van der Waals surface area contributed by atoms with E-state index in [1.54, 1.807) is 0 Å². The summed E-state index contributed by atoms with van der Waals surface area (Å²) in [6.07, 6.45) is 16.8. The summed E-state index contributed by atoms with van der Waals surface area (Å²) in [4.78, 5) is 0. The number of unbranched alkanes of at least 4 members (excludes halogenated alkanes) is 1. The SMILES string of the molecule is CCCCC(CC)CCC(C)(S)C(CC)CC1CCCC(C)C1. The summed E-state index contributed by atoms with van der Waals surface area (Å²) in [5, 5.41) is 0. The molecular weight excluding hydrogens is 296 g/mol. The van der Waals surface area contributed by atoms with E-state index < -0.39 is 0 Å². The van der Waals surface area contributed by atoms with Crippen LogP contribution in [0.1, 0.15) is 112 Å². The molecule has 1 saturated carbocycles. The Balaban J connectivity index is 2.49. The topological polar surface area (TPSA) is 0 Å². The first-order valence-electron chi connectivity index (χ1n) is 10.6. The van der Waals surface area contributed by atoms with Gasteiger partial charge in [0, 0.05) is 4.75 Å². The normalized spacial score (nSPS) is 27.4. The molecule has 5 unspecified atom stereocenters. The highest BCUT2D eigenvalue weighted by molar-refractivity contribution is 7.81. The van der Waals surface area contributed by atoms with Crippen LogP contribution in [0.3, 0.4) is 0 Å². The quantitative estimate of drug-likeness (QED) is 0.363. The van der Waals surface area contributed by atoms with Crippen LogP contribution in [0.2, 0.25) is 0 Å². The molecule has 1 heteroatoms. The lowest BCUT2D eigenvalue weighted by Crippen LogP contribution is -2.32. The molecule has 0 spiro atoms. The Morgan fingerprint density at radius 1 is 1.09 bits per heavy atom. The van der Waals surface area contributed by atoms with E-state index in [4.69, 9.17) is 12.6 Å². The molecule has 1 fully saturated rings. The van der Waals surface area contributed by atoms with E-state index in [-0.39, 0.29) is 4.75 Å². The van der Waals surface area contributed by atoms with Gasteiger partial charge in [0.2, 0.25) is 0 Å². The van der Waals surface area contributed by atoms with Crippen LogP contribution in [0.4, 0.5) is 0 Å². The van der Waals surface area contributed by atoms with Gasteiger partial charge in [-0.25, -0.2) is 0 Å². The molecule has 0 amide bonds. The van der Waals surface area contributed by atoms with E-state index in [9.17, 15) is 0 Å². The van der Waals surface area contributed by atoms with Crippen molar-refractivity contribution >= 4 is 12.6 Å². The molecule has 0 bridgehead atoms. The lowest BCUT2D eigenvalue weighted by Gasteiger charge is -2.38. The zero-order valence-corrected chi connectivity index (χ0v) is 17.6. The van der Waals surface area contributed by atoms with Gasteiger partial charge in [0.05, 0.1) is 0 Å². The fraction of sp³-hybridized carbons (Fsp3) is 1.00. The van der Waals surface area contributed by atoms with Crippen LogP contribution in [0.15, 0.2) is 0 Å². The maximum atomic E-state index is 5.19. The van der Waals surface area contributed by atoms with Crippen molar-refractivity contribution in [3.63, 3.8) is 0 Å². The first-order valence-corrected chi connectivity index (χ1v) is 11.1. The minimum Gasteiger partial charge on any atom is -0.173 e. The molecule has 0 N–H and O–H groups in total. The second-order valence-electron chi connectivity index (χ2n) is 8.79. The molecule has 0 aliphatic heterocycles. The molecule has 0 radical (unpaired) electrons. The number of hydrogen-bond donors (Lipinski definition) is 1. The van der Waals surface area contributed by atoms with Crippen LogP contribution in [-0.2, 0) is 0 Å². The molecule has 1 aliphatic carbocycles. The number of rotatable bonds is 11. The van der Waals surface area contributed by atoms with Crippen molar-refractivity contribution in [3.05, 3.63) is 0 Å². The molecule has 0 nitrogen and oxygen atoms in total. The molecule has 0 saturated heterocycles. The van der Waals surface area contributed by atoms with Crippen LogP contribution in [-0.4, -0.2) is 4.75 Å². The van der Waals surface area contributed by atoms with Crippen LogP contribution >= 0.6 is 12.6 Å². The Morgan fingerprint density at radius 3 is 2.39 bits per heavy atom. The van der Waals surface area contributed by atoms with Gasteiger partial charge in [0.1, 0.15) is 0 Å². The fourth-order valence-corrected chi connectivity index (χ4v) is 5.20. The highest BCUT2D eigenvalue weighted by atomic mass is 32.1. The Bertz CT molecular complexity index is 296. The number of thiol groups is 1. The van der Waals surface area contributed by atoms with Gasteiger partial charge in [0.15, 0.2) is 0 Å². The fourth-order valence-electron chi connectivity index (χ4n) is 4.78. The molecule has 0 heterocycles. The summed E-state index contributed by atoms with van der Waals surface area (Å²) < 4.78 is 0.231. The first-order chi connectivity index (χ1) is 10.9. The minimum atomic E-state index is 0.231. The summed E-state index contributed by atoms with van der Waals surface area (Å²) in [6.45, 7) is 12.0. The van der Waals surface area contributed by atoms with Gasteiger partial charge >= 0.3 is 0 Å². The standard InChI is InChI=1S/C22H44S/c1-6-9-12-19(7-2)14-15-22(5,23)21(8-3)17-20-13-10-11-18(4)16-20/h18-21,23H,6-17H2,1-5H3. The van der Waals surface area contributed by atoms with Gasteiger partial charge in [-0.3, -0.25) is 0 Å². The zero-order chi connectivity index (χ0) is 17.3. The van der Waals surface area contributed by atoms with Crippen molar-refractivity contribution in [1.29, 1.82) is 0 Å².